The molecular weight excluding hydrogens is 251 g/mol. The van der Waals surface area contributed by atoms with Crippen molar-refractivity contribution in [3.8, 4) is 0 Å². The third kappa shape index (κ3) is 6.80. The average molecular weight is 269 g/mol. The molecule has 0 unspecified atom stereocenters. The van der Waals surface area contributed by atoms with Gasteiger partial charge in [0.05, 0.1) is 12.7 Å². The molecular formula is C11H18F3NO3. The predicted octanol–water partition coefficient (Wildman–Crippen LogP) is 1.38. The first kappa shape index (κ1) is 15.2. The summed E-state index contributed by atoms with van der Waals surface area (Å²) < 4.78 is 39.6. The number of aliphatic hydroxyl groups is 1. The van der Waals surface area contributed by atoms with Gasteiger partial charge in [0.1, 0.15) is 6.61 Å². The van der Waals surface area contributed by atoms with E-state index in [1.54, 1.807) is 0 Å². The Bertz CT molecular complexity index is 263. The molecule has 0 saturated heterocycles. The van der Waals surface area contributed by atoms with E-state index in [-0.39, 0.29) is 31.1 Å². The molecule has 18 heavy (non-hydrogen) atoms. The number of carbonyl (C=O) groups excluding carboxylic acids is 1. The highest BCUT2D eigenvalue weighted by molar-refractivity contribution is 5.76. The number of hydrogen-bond acceptors (Lipinski definition) is 3. The van der Waals surface area contributed by atoms with Gasteiger partial charge in [0, 0.05) is 12.5 Å². The molecule has 0 bridgehead atoms. The molecule has 0 atom stereocenters. The van der Waals surface area contributed by atoms with Crippen molar-refractivity contribution in [3.63, 3.8) is 0 Å². The van der Waals surface area contributed by atoms with Gasteiger partial charge in [-0.1, -0.05) is 0 Å². The highest BCUT2D eigenvalue weighted by Gasteiger charge is 2.27. The lowest BCUT2D eigenvalue weighted by molar-refractivity contribution is -0.174. The third-order valence-corrected chi connectivity index (χ3v) is 2.80. The Labute approximate surface area is 103 Å². The second-order valence-corrected chi connectivity index (χ2v) is 4.49. The number of alkyl halides is 3. The van der Waals surface area contributed by atoms with Gasteiger partial charge in [0.2, 0.25) is 5.91 Å². The van der Waals surface area contributed by atoms with Gasteiger partial charge in [-0.3, -0.25) is 4.79 Å². The van der Waals surface area contributed by atoms with Crippen molar-refractivity contribution in [1.29, 1.82) is 0 Å². The molecule has 1 aliphatic rings. The van der Waals surface area contributed by atoms with Crippen LogP contribution in [0, 0.1) is 0 Å². The van der Waals surface area contributed by atoms with Crippen molar-refractivity contribution >= 4 is 5.91 Å². The highest BCUT2D eigenvalue weighted by atomic mass is 19.4. The first-order valence-electron chi connectivity index (χ1n) is 5.99. The highest BCUT2D eigenvalue weighted by Crippen LogP contribution is 2.18. The van der Waals surface area contributed by atoms with Crippen LogP contribution in [0.25, 0.3) is 0 Å². The molecule has 0 aromatic carbocycles. The molecule has 0 aromatic heterocycles. The first-order valence-corrected chi connectivity index (χ1v) is 5.99. The average Bonchev–Trinajstić information content (AvgIpc) is 2.26. The zero-order valence-corrected chi connectivity index (χ0v) is 10.0. The number of carbonyl (C=O) groups is 1. The number of nitrogens with one attached hydrogen (secondary N) is 1. The van der Waals surface area contributed by atoms with Gasteiger partial charge >= 0.3 is 6.18 Å². The Balaban J connectivity index is 2.07. The Hall–Kier alpha value is -0.820. The van der Waals surface area contributed by atoms with Crippen LogP contribution in [0.15, 0.2) is 0 Å². The number of hydrogen-bond donors (Lipinski definition) is 2. The SMILES string of the molecule is O=C(CCOCC(F)(F)F)NC1CCC(O)CC1. The van der Waals surface area contributed by atoms with Crippen LogP contribution in [0.4, 0.5) is 13.2 Å². The van der Waals surface area contributed by atoms with Crippen molar-refractivity contribution in [2.45, 2.75) is 50.4 Å². The van der Waals surface area contributed by atoms with Gasteiger partial charge in [-0.05, 0) is 25.7 Å². The molecule has 0 heterocycles. The molecule has 0 aliphatic heterocycles. The van der Waals surface area contributed by atoms with Crippen LogP contribution in [-0.4, -0.2) is 42.5 Å². The lowest BCUT2D eigenvalue weighted by Crippen LogP contribution is -2.39. The van der Waals surface area contributed by atoms with Gasteiger partial charge in [0.25, 0.3) is 0 Å². The van der Waals surface area contributed by atoms with Crippen molar-refractivity contribution in [1.82, 2.24) is 5.32 Å². The fourth-order valence-electron chi connectivity index (χ4n) is 1.87. The van der Waals surface area contributed by atoms with Gasteiger partial charge < -0.3 is 15.2 Å². The van der Waals surface area contributed by atoms with Crippen LogP contribution < -0.4 is 5.32 Å². The van der Waals surface area contributed by atoms with Crippen molar-refractivity contribution in [3.05, 3.63) is 0 Å². The van der Waals surface area contributed by atoms with Crippen molar-refractivity contribution < 1.29 is 27.8 Å². The largest absolute Gasteiger partial charge is 0.411 e. The van der Waals surface area contributed by atoms with Crippen LogP contribution in [0.5, 0.6) is 0 Å². The van der Waals surface area contributed by atoms with E-state index in [9.17, 15) is 23.1 Å². The summed E-state index contributed by atoms with van der Waals surface area (Å²) in [6.45, 7) is -1.56. The van der Waals surface area contributed by atoms with E-state index in [1.807, 2.05) is 0 Å². The van der Waals surface area contributed by atoms with Crippen molar-refractivity contribution in [2.24, 2.45) is 0 Å². The van der Waals surface area contributed by atoms with Crippen LogP contribution in [0.3, 0.4) is 0 Å². The second-order valence-electron chi connectivity index (χ2n) is 4.49. The van der Waals surface area contributed by atoms with Gasteiger partial charge in [-0.25, -0.2) is 0 Å². The third-order valence-electron chi connectivity index (χ3n) is 2.80. The summed E-state index contributed by atoms with van der Waals surface area (Å²) in [5.41, 5.74) is 0. The first-order chi connectivity index (χ1) is 8.37. The number of aliphatic hydroxyl groups excluding tert-OH is 1. The number of halogens is 3. The molecule has 2 N–H and O–H groups in total. The van der Waals surface area contributed by atoms with Crippen LogP contribution >= 0.6 is 0 Å². The van der Waals surface area contributed by atoms with Gasteiger partial charge in [-0.2, -0.15) is 13.2 Å². The van der Waals surface area contributed by atoms with E-state index < -0.39 is 12.8 Å². The molecule has 4 nitrogen and oxygen atoms in total. The quantitative estimate of drug-likeness (QED) is 0.741. The molecule has 1 aliphatic carbocycles. The molecule has 1 fully saturated rings. The molecule has 7 heteroatoms. The lowest BCUT2D eigenvalue weighted by atomic mass is 9.93. The molecule has 106 valence electrons. The van der Waals surface area contributed by atoms with E-state index in [2.05, 4.69) is 10.1 Å². The molecule has 0 aromatic rings. The summed E-state index contributed by atoms with van der Waals surface area (Å²) >= 11 is 0. The number of ether oxygens (including phenoxy) is 1. The number of rotatable bonds is 5. The second kappa shape index (κ2) is 6.94. The monoisotopic (exact) mass is 269 g/mol. The van der Waals surface area contributed by atoms with Crippen LogP contribution in [-0.2, 0) is 9.53 Å². The maximum atomic E-state index is 11.7. The van der Waals surface area contributed by atoms with E-state index in [4.69, 9.17) is 0 Å². The van der Waals surface area contributed by atoms with E-state index in [0.29, 0.717) is 25.7 Å². The van der Waals surface area contributed by atoms with Crippen molar-refractivity contribution in [2.75, 3.05) is 13.2 Å². The lowest BCUT2D eigenvalue weighted by Gasteiger charge is -2.26. The zero-order chi connectivity index (χ0) is 13.6. The minimum Gasteiger partial charge on any atom is -0.393 e. The van der Waals surface area contributed by atoms with E-state index in [0.717, 1.165) is 0 Å². The Morgan fingerprint density at radius 3 is 2.44 bits per heavy atom. The molecule has 0 spiro atoms. The smallest absolute Gasteiger partial charge is 0.393 e. The minimum atomic E-state index is -4.35. The van der Waals surface area contributed by atoms with Crippen LogP contribution in [0.2, 0.25) is 0 Å². The summed E-state index contributed by atoms with van der Waals surface area (Å²) in [6, 6.07) is 0.0171. The fourth-order valence-corrected chi connectivity index (χ4v) is 1.87. The van der Waals surface area contributed by atoms with E-state index >= 15 is 0 Å². The van der Waals surface area contributed by atoms with Crippen LogP contribution in [0.1, 0.15) is 32.1 Å². The summed E-state index contributed by atoms with van der Waals surface area (Å²) in [5.74, 6) is -0.307. The Morgan fingerprint density at radius 1 is 1.28 bits per heavy atom. The fraction of sp³-hybridized carbons (Fsp3) is 0.909. The standard InChI is InChI=1S/C11H18F3NO3/c12-11(13,14)7-18-6-5-10(17)15-8-1-3-9(16)4-2-8/h8-9,16H,1-7H2,(H,15,17). The topological polar surface area (TPSA) is 58.6 Å². The zero-order valence-electron chi connectivity index (χ0n) is 10.0. The number of amides is 1. The van der Waals surface area contributed by atoms with E-state index in [1.165, 1.54) is 0 Å². The summed E-state index contributed by atoms with van der Waals surface area (Å²) in [7, 11) is 0. The Morgan fingerprint density at radius 2 is 1.89 bits per heavy atom. The summed E-state index contributed by atoms with van der Waals surface area (Å²) in [6.07, 6.45) is -2.02. The normalized spacial score (nSPS) is 24.9. The molecule has 1 saturated carbocycles. The Kier molecular flexibility index (Phi) is 5.87. The maximum Gasteiger partial charge on any atom is 0.411 e. The summed E-state index contributed by atoms with van der Waals surface area (Å²) in [5, 5.41) is 12.0. The predicted molar refractivity (Wildman–Crippen MR) is 57.9 cm³/mol. The van der Waals surface area contributed by atoms with Gasteiger partial charge in [0.15, 0.2) is 0 Å². The molecule has 1 amide bonds. The molecule has 1 rings (SSSR count). The minimum absolute atomic E-state index is 0.0171. The van der Waals surface area contributed by atoms with Gasteiger partial charge in [-0.15, -0.1) is 0 Å². The summed E-state index contributed by atoms with van der Waals surface area (Å²) in [4.78, 5) is 11.4. The maximum absolute atomic E-state index is 11.7. The molecule has 0 radical (unpaired) electrons.